The number of anilines is 1. The van der Waals surface area contributed by atoms with Crippen molar-refractivity contribution in [3.05, 3.63) is 88.4 Å². The number of hydrogen-bond acceptors (Lipinski definition) is 4. The molecule has 0 saturated carbocycles. The van der Waals surface area contributed by atoms with E-state index >= 15 is 0 Å². The second-order valence-corrected chi connectivity index (χ2v) is 7.76. The molecule has 4 aromatic rings. The smallest absolute Gasteiger partial charge is 0.307 e. The van der Waals surface area contributed by atoms with E-state index in [-0.39, 0.29) is 12.3 Å². The molecule has 7 heteroatoms. The van der Waals surface area contributed by atoms with Crippen LogP contribution in [0.25, 0.3) is 28.6 Å². The zero-order valence-corrected chi connectivity index (χ0v) is 17.8. The van der Waals surface area contributed by atoms with Crippen molar-refractivity contribution in [2.75, 3.05) is 5.32 Å². The van der Waals surface area contributed by atoms with Crippen LogP contribution in [0.5, 0.6) is 0 Å². The molecule has 0 bridgehead atoms. The topological polar surface area (TPSA) is 92.4 Å². The van der Waals surface area contributed by atoms with E-state index in [1.807, 2.05) is 24.3 Å². The zero-order chi connectivity index (χ0) is 21.8. The maximum atomic E-state index is 12.2. The predicted molar refractivity (Wildman–Crippen MR) is 123 cm³/mol. The van der Waals surface area contributed by atoms with Crippen molar-refractivity contribution in [2.24, 2.45) is 0 Å². The number of carbonyl (C=O) groups excluding carboxylic acids is 1. The first-order chi connectivity index (χ1) is 15.0. The summed E-state index contributed by atoms with van der Waals surface area (Å²) < 4.78 is 6.72. The molecule has 154 valence electrons. The fourth-order valence-corrected chi connectivity index (χ4v) is 3.46. The van der Waals surface area contributed by atoms with Gasteiger partial charge in [0.15, 0.2) is 5.58 Å². The highest BCUT2D eigenvalue weighted by Crippen LogP contribution is 2.26. The third-order valence-electron chi connectivity index (χ3n) is 4.48. The van der Waals surface area contributed by atoms with Crippen LogP contribution in [-0.2, 0) is 16.0 Å². The number of carbonyl (C=O) groups is 2. The van der Waals surface area contributed by atoms with Crippen LogP contribution < -0.4 is 5.32 Å². The first-order valence-corrected chi connectivity index (χ1v) is 10.2. The standard InChI is InChI=1S/C24H17BrN2O4/c25-18-3-1-2-15(12-18)5-11-22(28)26-19-8-6-17(7-9-19)24-27-20-13-16(14-23(29)30)4-10-21(20)31-24/h1-13H,14H2,(H,26,28)(H,29,30)/b11-5+. The normalized spacial score (nSPS) is 11.1. The Morgan fingerprint density at radius 2 is 1.87 bits per heavy atom. The number of amides is 1. The van der Waals surface area contributed by atoms with Crippen molar-refractivity contribution in [2.45, 2.75) is 6.42 Å². The Balaban J connectivity index is 1.45. The largest absolute Gasteiger partial charge is 0.481 e. The number of halogens is 1. The monoisotopic (exact) mass is 476 g/mol. The van der Waals surface area contributed by atoms with Crippen LogP contribution in [0.1, 0.15) is 11.1 Å². The number of carboxylic acid groups (broad SMARTS) is 1. The highest BCUT2D eigenvalue weighted by atomic mass is 79.9. The van der Waals surface area contributed by atoms with Gasteiger partial charge >= 0.3 is 5.97 Å². The molecule has 1 heterocycles. The molecule has 1 aromatic heterocycles. The SMILES string of the molecule is O=C(O)Cc1ccc2oc(-c3ccc(NC(=O)/C=C/c4cccc(Br)c4)cc3)nc2c1. The number of hydrogen-bond donors (Lipinski definition) is 2. The van der Waals surface area contributed by atoms with E-state index in [1.54, 1.807) is 48.5 Å². The second kappa shape index (κ2) is 8.97. The van der Waals surface area contributed by atoms with Crippen molar-refractivity contribution >= 4 is 50.7 Å². The molecule has 3 aromatic carbocycles. The number of aliphatic carboxylic acids is 1. The molecule has 0 aliphatic heterocycles. The summed E-state index contributed by atoms with van der Waals surface area (Å²) in [7, 11) is 0. The van der Waals surface area contributed by atoms with E-state index < -0.39 is 5.97 Å². The first-order valence-electron chi connectivity index (χ1n) is 9.42. The fourth-order valence-electron chi connectivity index (χ4n) is 3.04. The van der Waals surface area contributed by atoms with Crippen LogP contribution in [0.15, 0.2) is 81.7 Å². The van der Waals surface area contributed by atoms with Gasteiger partial charge in [0.2, 0.25) is 11.8 Å². The van der Waals surface area contributed by atoms with Crippen LogP contribution in [0, 0.1) is 0 Å². The van der Waals surface area contributed by atoms with E-state index in [9.17, 15) is 9.59 Å². The van der Waals surface area contributed by atoms with Crippen molar-refractivity contribution < 1.29 is 19.1 Å². The molecule has 0 fully saturated rings. The minimum Gasteiger partial charge on any atom is -0.481 e. The fraction of sp³-hybridized carbons (Fsp3) is 0.0417. The van der Waals surface area contributed by atoms with Gasteiger partial charge in [-0.15, -0.1) is 0 Å². The summed E-state index contributed by atoms with van der Waals surface area (Å²) in [4.78, 5) is 27.5. The summed E-state index contributed by atoms with van der Waals surface area (Å²) in [6, 6.07) is 19.9. The minimum atomic E-state index is -0.896. The number of oxazole rings is 1. The molecule has 0 spiro atoms. The van der Waals surface area contributed by atoms with Crippen molar-refractivity contribution in [3.8, 4) is 11.5 Å². The number of fused-ring (bicyclic) bond motifs is 1. The molecule has 2 N–H and O–H groups in total. The molecule has 0 aliphatic carbocycles. The summed E-state index contributed by atoms with van der Waals surface area (Å²) in [6.45, 7) is 0. The highest BCUT2D eigenvalue weighted by molar-refractivity contribution is 9.10. The summed E-state index contributed by atoms with van der Waals surface area (Å²) in [5, 5.41) is 11.7. The van der Waals surface area contributed by atoms with Crippen LogP contribution in [0.2, 0.25) is 0 Å². The van der Waals surface area contributed by atoms with Gasteiger partial charge in [-0.05, 0) is 65.7 Å². The summed E-state index contributed by atoms with van der Waals surface area (Å²) >= 11 is 3.40. The van der Waals surface area contributed by atoms with Crippen molar-refractivity contribution in [1.29, 1.82) is 0 Å². The molecular weight excluding hydrogens is 460 g/mol. The van der Waals surface area contributed by atoms with Crippen LogP contribution in [-0.4, -0.2) is 22.0 Å². The number of nitrogens with one attached hydrogen (secondary N) is 1. The summed E-state index contributed by atoms with van der Waals surface area (Å²) in [5.74, 6) is -0.706. The zero-order valence-electron chi connectivity index (χ0n) is 16.2. The van der Waals surface area contributed by atoms with E-state index in [1.165, 1.54) is 6.08 Å². The molecule has 0 saturated heterocycles. The van der Waals surface area contributed by atoms with Crippen LogP contribution in [0.4, 0.5) is 5.69 Å². The predicted octanol–water partition coefficient (Wildman–Crippen LogP) is 5.54. The Labute approximate surface area is 186 Å². The van der Waals surface area contributed by atoms with Gasteiger partial charge in [-0.25, -0.2) is 4.98 Å². The molecule has 0 unspecified atom stereocenters. The van der Waals surface area contributed by atoms with Gasteiger partial charge < -0.3 is 14.8 Å². The second-order valence-electron chi connectivity index (χ2n) is 6.85. The van der Waals surface area contributed by atoms with Gasteiger partial charge in [-0.1, -0.05) is 34.1 Å². The average molecular weight is 477 g/mol. The number of rotatable bonds is 6. The third kappa shape index (κ3) is 5.26. The van der Waals surface area contributed by atoms with Crippen molar-refractivity contribution in [3.63, 3.8) is 0 Å². The van der Waals surface area contributed by atoms with Gasteiger partial charge in [-0.2, -0.15) is 0 Å². The minimum absolute atomic E-state index is 0.0669. The molecule has 31 heavy (non-hydrogen) atoms. The number of benzene rings is 3. The van der Waals surface area contributed by atoms with E-state index in [2.05, 4.69) is 26.2 Å². The van der Waals surface area contributed by atoms with E-state index in [0.717, 1.165) is 15.6 Å². The molecule has 6 nitrogen and oxygen atoms in total. The van der Waals surface area contributed by atoms with E-state index in [0.29, 0.717) is 28.2 Å². The summed E-state index contributed by atoms with van der Waals surface area (Å²) in [5.41, 5.74) is 4.16. The lowest BCUT2D eigenvalue weighted by molar-refractivity contribution is -0.136. The number of aromatic nitrogens is 1. The molecule has 1 amide bonds. The Morgan fingerprint density at radius 3 is 2.61 bits per heavy atom. The Morgan fingerprint density at radius 1 is 1.06 bits per heavy atom. The average Bonchev–Trinajstić information content (AvgIpc) is 3.16. The van der Waals surface area contributed by atoms with Crippen LogP contribution >= 0.6 is 15.9 Å². The summed E-state index contributed by atoms with van der Waals surface area (Å²) in [6.07, 6.45) is 3.15. The van der Waals surface area contributed by atoms with Gasteiger partial charge in [0, 0.05) is 21.8 Å². The van der Waals surface area contributed by atoms with Gasteiger partial charge in [0.25, 0.3) is 0 Å². The highest BCUT2D eigenvalue weighted by Gasteiger charge is 2.10. The van der Waals surface area contributed by atoms with Gasteiger partial charge in [0.1, 0.15) is 5.52 Å². The number of carboxylic acids is 1. The van der Waals surface area contributed by atoms with Crippen molar-refractivity contribution in [1.82, 2.24) is 4.98 Å². The Kier molecular flexibility index (Phi) is 5.95. The van der Waals surface area contributed by atoms with Crippen LogP contribution in [0.3, 0.4) is 0 Å². The molecule has 0 aliphatic rings. The lowest BCUT2D eigenvalue weighted by Gasteiger charge is -2.03. The quantitative estimate of drug-likeness (QED) is 0.356. The molecular formula is C24H17BrN2O4. The van der Waals surface area contributed by atoms with Gasteiger partial charge in [-0.3, -0.25) is 9.59 Å². The lowest BCUT2D eigenvalue weighted by atomic mass is 10.1. The molecule has 0 atom stereocenters. The maximum absolute atomic E-state index is 12.2. The maximum Gasteiger partial charge on any atom is 0.307 e. The van der Waals surface area contributed by atoms with E-state index in [4.69, 9.17) is 9.52 Å². The first kappa shape index (κ1) is 20.6. The lowest BCUT2D eigenvalue weighted by Crippen LogP contribution is -2.07. The molecule has 4 rings (SSSR count). The number of nitrogens with zero attached hydrogens (tertiary/aromatic N) is 1. The van der Waals surface area contributed by atoms with Gasteiger partial charge in [0.05, 0.1) is 6.42 Å². The molecule has 0 radical (unpaired) electrons. The Hall–Kier alpha value is -3.71. The Bertz CT molecular complexity index is 1290. The third-order valence-corrected chi connectivity index (χ3v) is 4.98.